The van der Waals surface area contributed by atoms with Crippen LogP contribution in [0, 0.1) is 5.41 Å². The third-order valence-corrected chi connectivity index (χ3v) is 4.91. The predicted molar refractivity (Wildman–Crippen MR) is 154 cm³/mol. The van der Waals surface area contributed by atoms with Crippen LogP contribution in [0.15, 0.2) is 41.2 Å². The maximum Gasteiger partial charge on any atom is 0.309 e. The summed E-state index contributed by atoms with van der Waals surface area (Å²) >= 11 is 11.5. The molecule has 0 spiro atoms. The second-order valence-electron chi connectivity index (χ2n) is 9.98. The molecule has 0 fully saturated rings. The lowest BCUT2D eigenvalue weighted by atomic mass is 9.95. The van der Waals surface area contributed by atoms with Crippen molar-refractivity contribution in [2.24, 2.45) is 5.41 Å². The molecule has 0 saturated carbocycles. The van der Waals surface area contributed by atoms with E-state index < -0.39 is 23.1 Å². The lowest BCUT2D eigenvalue weighted by Crippen LogP contribution is -2.29. The number of pyridine rings is 3. The molecule has 1 amide bonds. The number of anilines is 1. The first-order valence-corrected chi connectivity index (χ1v) is 11.8. The molecule has 1 atom stereocenters. The van der Waals surface area contributed by atoms with E-state index in [9.17, 15) is 19.5 Å². The highest BCUT2D eigenvalue weighted by molar-refractivity contribution is 6.30. The summed E-state index contributed by atoms with van der Waals surface area (Å²) in [5, 5.41) is 14.4. The van der Waals surface area contributed by atoms with Gasteiger partial charge in [-0.3, -0.25) is 14.4 Å². The first-order chi connectivity index (χ1) is 16.5. The molecule has 0 bridgehead atoms. The van der Waals surface area contributed by atoms with Gasteiger partial charge in [0.2, 0.25) is 11.5 Å². The zero-order valence-electron chi connectivity index (χ0n) is 21.4. The fraction of sp³-hybridized carbons (Fsp3) is 0.423. The van der Waals surface area contributed by atoms with E-state index in [1.54, 1.807) is 59.7 Å². The van der Waals surface area contributed by atoms with Crippen molar-refractivity contribution in [2.45, 2.75) is 67.1 Å². The first-order valence-electron chi connectivity index (χ1n) is 11.1. The Morgan fingerprint density at radius 3 is 2.13 bits per heavy atom. The number of ether oxygens (including phenoxy) is 1. The molecule has 0 radical (unpaired) electrons. The van der Waals surface area contributed by atoms with Crippen molar-refractivity contribution in [3.63, 3.8) is 0 Å². The Labute approximate surface area is 238 Å². The van der Waals surface area contributed by atoms with E-state index in [0.29, 0.717) is 16.4 Å². The van der Waals surface area contributed by atoms with E-state index >= 15 is 0 Å². The molecule has 38 heavy (non-hydrogen) atoms. The van der Waals surface area contributed by atoms with Crippen LogP contribution in [-0.2, 0) is 14.3 Å². The Morgan fingerprint density at radius 1 is 1.00 bits per heavy atom. The minimum absolute atomic E-state index is 0. The first kappa shape index (κ1) is 35.3. The van der Waals surface area contributed by atoms with E-state index in [0.717, 1.165) is 5.39 Å². The number of amides is 1. The SMILES string of the molecule is C.CC(C)(C)OC(=O)CC(O)c1ccc(Cl)nc1NC(=O)C(C)(C)C.Cl.O=c1ccc2ccc(Cl)nc2[nH]1. The Morgan fingerprint density at radius 2 is 1.55 bits per heavy atom. The molecule has 0 aliphatic heterocycles. The molecular formula is C26H35Cl3N4O5. The molecule has 3 heterocycles. The van der Waals surface area contributed by atoms with Gasteiger partial charge < -0.3 is 20.1 Å². The largest absolute Gasteiger partial charge is 0.460 e. The quantitative estimate of drug-likeness (QED) is 0.246. The summed E-state index contributed by atoms with van der Waals surface area (Å²) in [7, 11) is 0. The summed E-state index contributed by atoms with van der Waals surface area (Å²) in [4.78, 5) is 45.5. The van der Waals surface area contributed by atoms with E-state index in [4.69, 9.17) is 27.9 Å². The topological polar surface area (TPSA) is 134 Å². The molecule has 0 aliphatic rings. The smallest absolute Gasteiger partial charge is 0.309 e. The summed E-state index contributed by atoms with van der Waals surface area (Å²) in [6.07, 6.45) is -1.42. The summed E-state index contributed by atoms with van der Waals surface area (Å²) in [6.45, 7) is 10.5. The van der Waals surface area contributed by atoms with Crippen LogP contribution in [0.25, 0.3) is 11.0 Å². The van der Waals surface area contributed by atoms with Crippen LogP contribution in [0.1, 0.15) is 67.1 Å². The van der Waals surface area contributed by atoms with Gasteiger partial charge in [0, 0.05) is 22.4 Å². The van der Waals surface area contributed by atoms with Gasteiger partial charge in [-0.15, -0.1) is 12.4 Å². The number of aromatic nitrogens is 3. The Balaban J connectivity index is 0.000000819. The molecule has 12 heteroatoms. The highest BCUT2D eigenvalue weighted by atomic mass is 35.5. The number of hydrogen-bond donors (Lipinski definition) is 3. The lowest BCUT2D eigenvalue weighted by molar-refractivity contribution is -0.157. The number of carbonyl (C=O) groups is 2. The number of rotatable bonds is 4. The van der Waals surface area contributed by atoms with Crippen LogP contribution in [0.2, 0.25) is 10.3 Å². The van der Waals surface area contributed by atoms with Crippen LogP contribution in [-0.4, -0.2) is 37.5 Å². The molecule has 3 rings (SSSR count). The van der Waals surface area contributed by atoms with Crippen LogP contribution in [0.5, 0.6) is 0 Å². The van der Waals surface area contributed by atoms with Crippen molar-refractivity contribution in [1.29, 1.82) is 0 Å². The Bertz CT molecular complexity index is 1300. The minimum atomic E-state index is -1.17. The maximum absolute atomic E-state index is 12.2. The number of aromatic amines is 1. The molecule has 0 aromatic carbocycles. The molecule has 0 aliphatic carbocycles. The second-order valence-corrected chi connectivity index (χ2v) is 10.8. The van der Waals surface area contributed by atoms with Crippen LogP contribution < -0.4 is 10.9 Å². The van der Waals surface area contributed by atoms with E-state index in [2.05, 4.69) is 20.3 Å². The number of aliphatic hydroxyl groups excluding tert-OH is 1. The fourth-order valence-electron chi connectivity index (χ4n) is 2.77. The monoisotopic (exact) mass is 588 g/mol. The standard InChI is InChI=1S/C17H25ClN2O4.C8H5ClN2O.CH4.ClH/c1-16(2,3)15(23)20-14-10(7-8-12(18)19-14)11(21)9-13(22)24-17(4,5)6;9-6-3-1-5-2-4-7(12)11-8(5)10-6;;/h7-8,11,21H,9H2,1-6H3,(H,19,20,23);1-4H,(H,10,11,12);1H4;1H. The molecule has 0 saturated heterocycles. The van der Waals surface area contributed by atoms with Crippen molar-refractivity contribution < 1.29 is 19.4 Å². The lowest BCUT2D eigenvalue weighted by Gasteiger charge is -2.22. The molecule has 3 N–H and O–H groups in total. The van der Waals surface area contributed by atoms with E-state index in [1.807, 2.05) is 0 Å². The van der Waals surface area contributed by atoms with Crippen molar-refractivity contribution in [3.05, 3.63) is 62.6 Å². The van der Waals surface area contributed by atoms with Gasteiger partial charge in [-0.1, -0.05) is 51.4 Å². The number of fused-ring (bicyclic) bond motifs is 1. The number of halogens is 3. The van der Waals surface area contributed by atoms with Gasteiger partial charge >= 0.3 is 5.97 Å². The van der Waals surface area contributed by atoms with Crippen molar-refractivity contribution >= 4 is 64.3 Å². The van der Waals surface area contributed by atoms with Gasteiger partial charge in [0.15, 0.2) is 0 Å². The highest BCUT2D eigenvalue weighted by Crippen LogP contribution is 2.28. The summed E-state index contributed by atoms with van der Waals surface area (Å²) in [5.41, 5.74) is -0.620. The van der Waals surface area contributed by atoms with Crippen molar-refractivity contribution in [3.8, 4) is 0 Å². The predicted octanol–water partition coefficient (Wildman–Crippen LogP) is 6.12. The average molecular weight is 590 g/mol. The van der Waals surface area contributed by atoms with Crippen LogP contribution in [0.4, 0.5) is 5.82 Å². The normalized spacial score (nSPS) is 11.7. The zero-order valence-corrected chi connectivity index (χ0v) is 23.7. The number of H-pyrrole nitrogens is 1. The third-order valence-electron chi connectivity index (χ3n) is 4.49. The highest BCUT2D eigenvalue weighted by Gasteiger charge is 2.26. The summed E-state index contributed by atoms with van der Waals surface area (Å²) in [6, 6.07) is 9.67. The van der Waals surface area contributed by atoms with Crippen LogP contribution >= 0.6 is 35.6 Å². The number of carbonyl (C=O) groups excluding carboxylic acids is 2. The number of nitrogens with zero attached hydrogens (tertiary/aromatic N) is 2. The number of aliphatic hydroxyl groups is 1. The van der Waals surface area contributed by atoms with Gasteiger partial charge in [-0.05, 0) is 51.1 Å². The van der Waals surface area contributed by atoms with Gasteiger partial charge in [0.05, 0.1) is 12.5 Å². The molecule has 9 nitrogen and oxygen atoms in total. The number of hydrogen-bond acceptors (Lipinski definition) is 7. The molecule has 3 aromatic heterocycles. The van der Waals surface area contributed by atoms with Crippen LogP contribution in [0.3, 0.4) is 0 Å². The summed E-state index contributed by atoms with van der Waals surface area (Å²) in [5.74, 6) is -0.681. The van der Waals surface area contributed by atoms with E-state index in [-0.39, 0.29) is 48.7 Å². The Hall–Kier alpha value is -2.72. The maximum atomic E-state index is 12.2. The molecule has 3 aromatic rings. The second kappa shape index (κ2) is 14.4. The molecular weight excluding hydrogens is 555 g/mol. The van der Waals surface area contributed by atoms with Crippen molar-refractivity contribution in [2.75, 3.05) is 5.32 Å². The minimum Gasteiger partial charge on any atom is -0.460 e. The van der Waals surface area contributed by atoms with Gasteiger partial charge in [-0.25, -0.2) is 9.97 Å². The third kappa shape index (κ3) is 11.3. The average Bonchev–Trinajstić information content (AvgIpc) is 2.71. The van der Waals surface area contributed by atoms with Gasteiger partial charge in [0.25, 0.3) is 0 Å². The molecule has 210 valence electrons. The van der Waals surface area contributed by atoms with Gasteiger partial charge in [0.1, 0.15) is 27.4 Å². The number of nitrogens with one attached hydrogen (secondary N) is 2. The fourth-order valence-corrected chi connectivity index (χ4v) is 3.06. The summed E-state index contributed by atoms with van der Waals surface area (Å²) < 4.78 is 5.20. The van der Waals surface area contributed by atoms with Crippen molar-refractivity contribution in [1.82, 2.24) is 15.0 Å². The number of esters is 1. The van der Waals surface area contributed by atoms with E-state index in [1.165, 1.54) is 18.2 Å². The zero-order chi connectivity index (χ0) is 27.3. The molecule has 1 unspecified atom stereocenters. The Kier molecular flexibility index (Phi) is 13.4. The van der Waals surface area contributed by atoms with Gasteiger partial charge in [-0.2, -0.15) is 0 Å².